The van der Waals surface area contributed by atoms with Crippen molar-refractivity contribution < 1.29 is 4.79 Å². The van der Waals surface area contributed by atoms with E-state index < -0.39 is 0 Å². The lowest BCUT2D eigenvalue weighted by Gasteiger charge is -2.09. The van der Waals surface area contributed by atoms with Crippen molar-refractivity contribution in [3.63, 3.8) is 0 Å². The van der Waals surface area contributed by atoms with Gasteiger partial charge in [0.1, 0.15) is 5.78 Å². The summed E-state index contributed by atoms with van der Waals surface area (Å²) in [6.45, 7) is 6.95. The number of carbonyl (C=O) groups is 1. The smallest absolute Gasteiger partial charge is 0.141 e. The Morgan fingerprint density at radius 3 is 2.88 bits per heavy atom. The van der Waals surface area contributed by atoms with Gasteiger partial charge in [-0.2, -0.15) is 5.10 Å². The van der Waals surface area contributed by atoms with Crippen LogP contribution < -0.4 is 0 Å². The van der Waals surface area contributed by atoms with E-state index in [0.717, 1.165) is 17.9 Å². The van der Waals surface area contributed by atoms with Gasteiger partial charge in [-0.05, 0) is 38.7 Å². The van der Waals surface area contributed by atoms with Gasteiger partial charge >= 0.3 is 0 Å². The number of nitrogens with zero attached hydrogens (tertiary/aromatic N) is 2. The maximum Gasteiger partial charge on any atom is 0.141 e. The Bertz CT molecular complexity index is 391. The van der Waals surface area contributed by atoms with E-state index in [9.17, 15) is 4.79 Å². The molecule has 3 nitrogen and oxygen atoms in total. The second-order valence-corrected chi connectivity index (χ2v) is 4.86. The fourth-order valence-electron chi connectivity index (χ4n) is 2.21. The molecular weight excluding hydrogens is 200 g/mol. The quantitative estimate of drug-likeness (QED) is 0.763. The summed E-state index contributed by atoms with van der Waals surface area (Å²) in [5, 5.41) is 4.37. The third-order valence-electron chi connectivity index (χ3n) is 3.48. The van der Waals surface area contributed by atoms with E-state index in [0.29, 0.717) is 18.1 Å². The molecule has 88 valence electrons. The highest BCUT2D eigenvalue weighted by atomic mass is 16.1. The SMILES string of the molecule is CCn1nc(C)cc1CC(=O)C(C)C1CC1. The average molecular weight is 220 g/mol. The average Bonchev–Trinajstić information content (AvgIpc) is 3.03. The first-order valence-corrected chi connectivity index (χ1v) is 6.17. The Balaban J connectivity index is 2.04. The van der Waals surface area contributed by atoms with Crippen LogP contribution in [0.1, 0.15) is 38.1 Å². The number of hydrogen-bond acceptors (Lipinski definition) is 2. The molecular formula is C13H20N2O. The van der Waals surface area contributed by atoms with Crippen LogP contribution in [-0.4, -0.2) is 15.6 Å². The second-order valence-electron chi connectivity index (χ2n) is 4.86. The van der Waals surface area contributed by atoms with Gasteiger partial charge in [0.05, 0.1) is 5.69 Å². The predicted molar refractivity (Wildman–Crippen MR) is 63.2 cm³/mol. The molecule has 0 aromatic carbocycles. The molecule has 0 saturated heterocycles. The first-order chi connectivity index (χ1) is 7.61. The zero-order chi connectivity index (χ0) is 11.7. The minimum Gasteiger partial charge on any atom is -0.299 e. The Morgan fingerprint density at radius 1 is 1.62 bits per heavy atom. The van der Waals surface area contributed by atoms with Crippen LogP contribution in [0.2, 0.25) is 0 Å². The number of carbonyl (C=O) groups excluding carboxylic acids is 1. The lowest BCUT2D eigenvalue weighted by molar-refractivity contribution is -0.122. The van der Waals surface area contributed by atoms with Gasteiger partial charge in [-0.1, -0.05) is 6.92 Å². The van der Waals surface area contributed by atoms with Gasteiger partial charge in [0.25, 0.3) is 0 Å². The molecule has 0 bridgehead atoms. The molecule has 1 unspecified atom stereocenters. The third kappa shape index (κ3) is 2.34. The molecule has 1 saturated carbocycles. The maximum atomic E-state index is 12.0. The number of aromatic nitrogens is 2. The zero-order valence-corrected chi connectivity index (χ0v) is 10.4. The predicted octanol–water partition coefficient (Wildman–Crippen LogP) is 2.37. The van der Waals surface area contributed by atoms with Crippen LogP contribution in [0.4, 0.5) is 0 Å². The number of hydrogen-bond donors (Lipinski definition) is 0. The highest BCUT2D eigenvalue weighted by Crippen LogP contribution is 2.37. The fraction of sp³-hybridized carbons (Fsp3) is 0.692. The van der Waals surface area contributed by atoms with E-state index in [1.54, 1.807) is 0 Å². The monoisotopic (exact) mass is 220 g/mol. The van der Waals surface area contributed by atoms with Crippen LogP contribution in [-0.2, 0) is 17.8 Å². The van der Waals surface area contributed by atoms with Crippen molar-refractivity contribution in [3.8, 4) is 0 Å². The summed E-state index contributed by atoms with van der Waals surface area (Å²) < 4.78 is 1.94. The Hall–Kier alpha value is -1.12. The number of ketones is 1. The van der Waals surface area contributed by atoms with Crippen LogP contribution in [0, 0.1) is 18.8 Å². The minimum atomic E-state index is 0.237. The Kier molecular flexibility index (Phi) is 3.13. The van der Waals surface area contributed by atoms with Gasteiger partial charge in [-0.25, -0.2) is 0 Å². The molecule has 1 aromatic rings. The fourth-order valence-corrected chi connectivity index (χ4v) is 2.21. The summed E-state index contributed by atoms with van der Waals surface area (Å²) >= 11 is 0. The standard InChI is InChI=1S/C13H20N2O/c1-4-15-12(7-9(2)14-15)8-13(16)10(3)11-5-6-11/h7,10-11H,4-6,8H2,1-3H3. The van der Waals surface area contributed by atoms with E-state index in [4.69, 9.17) is 0 Å². The van der Waals surface area contributed by atoms with Crippen molar-refractivity contribution >= 4 is 5.78 Å². The summed E-state index contributed by atoms with van der Waals surface area (Å²) in [5.41, 5.74) is 2.07. The molecule has 1 fully saturated rings. The van der Waals surface area contributed by atoms with Gasteiger partial charge in [0.15, 0.2) is 0 Å². The van der Waals surface area contributed by atoms with Crippen LogP contribution in [0.15, 0.2) is 6.07 Å². The lowest BCUT2D eigenvalue weighted by atomic mass is 9.97. The molecule has 0 aliphatic heterocycles. The van der Waals surface area contributed by atoms with Gasteiger partial charge in [0.2, 0.25) is 0 Å². The molecule has 1 aliphatic rings. The molecule has 1 aliphatic carbocycles. The van der Waals surface area contributed by atoms with Gasteiger partial charge in [0, 0.05) is 24.6 Å². The normalized spacial score (nSPS) is 17.4. The van der Waals surface area contributed by atoms with Crippen molar-refractivity contribution in [2.75, 3.05) is 0 Å². The second kappa shape index (κ2) is 4.40. The summed E-state index contributed by atoms with van der Waals surface area (Å²) in [6, 6.07) is 2.03. The maximum absolute atomic E-state index is 12.0. The van der Waals surface area contributed by atoms with Gasteiger partial charge < -0.3 is 0 Å². The molecule has 0 radical (unpaired) electrons. The first-order valence-electron chi connectivity index (χ1n) is 6.17. The van der Waals surface area contributed by atoms with Crippen LogP contribution in [0.25, 0.3) is 0 Å². The molecule has 1 atom stereocenters. The molecule has 0 spiro atoms. The highest BCUT2D eigenvalue weighted by molar-refractivity contribution is 5.83. The molecule has 0 N–H and O–H groups in total. The number of aryl methyl sites for hydroxylation is 2. The highest BCUT2D eigenvalue weighted by Gasteiger charge is 2.32. The van der Waals surface area contributed by atoms with Gasteiger partial charge in [-0.3, -0.25) is 9.48 Å². The summed E-state index contributed by atoms with van der Waals surface area (Å²) in [4.78, 5) is 12.0. The summed E-state index contributed by atoms with van der Waals surface area (Å²) in [5.74, 6) is 1.27. The van der Waals surface area contributed by atoms with Crippen LogP contribution in [0.5, 0.6) is 0 Å². The summed E-state index contributed by atoms with van der Waals surface area (Å²) in [6.07, 6.45) is 3.02. The number of Topliss-reactive ketones (excluding diaryl/α,β-unsaturated/α-hetero) is 1. The minimum absolute atomic E-state index is 0.237. The molecule has 1 aromatic heterocycles. The van der Waals surface area contributed by atoms with Crippen molar-refractivity contribution in [1.82, 2.24) is 9.78 Å². The molecule has 16 heavy (non-hydrogen) atoms. The van der Waals surface area contributed by atoms with E-state index >= 15 is 0 Å². The topological polar surface area (TPSA) is 34.9 Å². The third-order valence-corrected chi connectivity index (χ3v) is 3.48. The van der Waals surface area contributed by atoms with Crippen molar-refractivity contribution in [1.29, 1.82) is 0 Å². The Morgan fingerprint density at radius 2 is 2.31 bits per heavy atom. The van der Waals surface area contributed by atoms with E-state index in [-0.39, 0.29) is 5.92 Å². The van der Waals surface area contributed by atoms with E-state index in [2.05, 4.69) is 18.9 Å². The largest absolute Gasteiger partial charge is 0.299 e. The van der Waals surface area contributed by atoms with Crippen molar-refractivity contribution in [3.05, 3.63) is 17.5 Å². The van der Waals surface area contributed by atoms with E-state index in [1.165, 1.54) is 12.8 Å². The van der Waals surface area contributed by atoms with E-state index in [1.807, 2.05) is 17.7 Å². The van der Waals surface area contributed by atoms with Crippen molar-refractivity contribution in [2.45, 2.75) is 46.6 Å². The zero-order valence-electron chi connectivity index (χ0n) is 10.4. The summed E-state index contributed by atoms with van der Waals surface area (Å²) in [7, 11) is 0. The van der Waals surface area contributed by atoms with Gasteiger partial charge in [-0.15, -0.1) is 0 Å². The molecule has 1 heterocycles. The first kappa shape index (κ1) is 11.4. The Labute approximate surface area is 96.8 Å². The molecule has 0 amide bonds. The lowest BCUT2D eigenvalue weighted by Crippen LogP contribution is -2.17. The number of rotatable bonds is 5. The van der Waals surface area contributed by atoms with Crippen molar-refractivity contribution in [2.24, 2.45) is 11.8 Å². The molecule has 2 rings (SSSR count). The van der Waals surface area contributed by atoms with Crippen LogP contribution >= 0.6 is 0 Å². The molecule has 3 heteroatoms. The van der Waals surface area contributed by atoms with Crippen LogP contribution in [0.3, 0.4) is 0 Å².